The van der Waals surface area contributed by atoms with Gasteiger partial charge >= 0.3 is 5.97 Å². The number of aliphatic carboxylic acids is 1. The Balaban J connectivity index is 2.74. The lowest BCUT2D eigenvalue weighted by atomic mass is 10.0. The molecule has 0 bridgehead atoms. The number of aryl methyl sites for hydroxylation is 3. The van der Waals surface area contributed by atoms with E-state index in [-0.39, 0.29) is 12.3 Å². The first-order valence-corrected chi connectivity index (χ1v) is 6.75. The zero-order valence-corrected chi connectivity index (χ0v) is 12.8. The number of hydrogen-bond acceptors (Lipinski definition) is 3. The summed E-state index contributed by atoms with van der Waals surface area (Å²) < 4.78 is 1.77. The molecule has 112 valence electrons. The molecule has 6 heteroatoms. The summed E-state index contributed by atoms with van der Waals surface area (Å²) in [5.74, 6) is -1.17. The van der Waals surface area contributed by atoms with Crippen molar-refractivity contribution in [3.05, 3.63) is 17.5 Å². The van der Waals surface area contributed by atoms with Gasteiger partial charge in [-0.1, -0.05) is 0 Å². The van der Waals surface area contributed by atoms with Gasteiger partial charge in [0.2, 0.25) is 5.91 Å². The van der Waals surface area contributed by atoms with E-state index in [1.165, 1.54) is 4.90 Å². The number of carbonyl (C=O) groups is 2. The predicted molar refractivity (Wildman–Crippen MR) is 75.4 cm³/mol. The summed E-state index contributed by atoms with van der Waals surface area (Å²) in [5.41, 5.74) is 0.713. The molecule has 6 nitrogen and oxygen atoms in total. The van der Waals surface area contributed by atoms with E-state index in [2.05, 4.69) is 5.10 Å². The third-order valence-electron chi connectivity index (χ3n) is 3.46. The van der Waals surface area contributed by atoms with Crippen molar-refractivity contribution in [2.75, 3.05) is 6.54 Å². The average Bonchev–Trinajstić information content (AvgIpc) is 2.65. The topological polar surface area (TPSA) is 75.4 Å². The van der Waals surface area contributed by atoms with Gasteiger partial charge in [0.1, 0.15) is 5.54 Å². The van der Waals surface area contributed by atoms with Crippen LogP contribution in [0.2, 0.25) is 0 Å². The predicted octanol–water partition coefficient (Wildman–Crippen LogP) is 1.60. The van der Waals surface area contributed by atoms with E-state index in [1.807, 2.05) is 19.9 Å². The van der Waals surface area contributed by atoms with E-state index >= 15 is 0 Å². The number of carboxylic acids is 1. The molecule has 1 aromatic rings. The van der Waals surface area contributed by atoms with Gasteiger partial charge < -0.3 is 10.0 Å². The Bertz CT molecular complexity index is 506. The fourth-order valence-corrected chi connectivity index (χ4v) is 2.24. The highest BCUT2D eigenvalue weighted by molar-refractivity contribution is 5.86. The van der Waals surface area contributed by atoms with Crippen molar-refractivity contribution in [2.24, 2.45) is 0 Å². The summed E-state index contributed by atoms with van der Waals surface area (Å²) in [4.78, 5) is 24.9. The van der Waals surface area contributed by atoms with Crippen LogP contribution in [0.25, 0.3) is 0 Å². The van der Waals surface area contributed by atoms with Crippen molar-refractivity contribution in [3.8, 4) is 0 Å². The van der Waals surface area contributed by atoms with Gasteiger partial charge in [-0.25, -0.2) is 4.79 Å². The SMILES string of the molecule is CCN(C(=O)CCn1nc(C)cc1C)C(C)(C)C(=O)O. The van der Waals surface area contributed by atoms with Crippen molar-refractivity contribution >= 4 is 11.9 Å². The molecule has 20 heavy (non-hydrogen) atoms. The molecule has 0 aromatic carbocycles. The zero-order chi connectivity index (χ0) is 15.5. The minimum absolute atomic E-state index is 0.174. The molecule has 1 rings (SSSR count). The first kappa shape index (κ1) is 16.2. The standard InChI is InChI=1S/C14H23N3O3/c1-6-16(14(4,5)13(19)20)12(18)7-8-17-11(3)9-10(2)15-17/h9H,6-8H2,1-5H3,(H,19,20). The highest BCUT2D eigenvalue weighted by Gasteiger charge is 2.36. The average molecular weight is 281 g/mol. The maximum Gasteiger partial charge on any atom is 0.329 e. The van der Waals surface area contributed by atoms with Gasteiger partial charge in [0.25, 0.3) is 0 Å². The number of carbonyl (C=O) groups excluding carboxylic acids is 1. The van der Waals surface area contributed by atoms with Gasteiger partial charge in [-0.3, -0.25) is 9.48 Å². The second-order valence-electron chi connectivity index (χ2n) is 5.40. The fourth-order valence-electron chi connectivity index (χ4n) is 2.24. The fraction of sp³-hybridized carbons (Fsp3) is 0.643. The van der Waals surface area contributed by atoms with Gasteiger partial charge in [-0.05, 0) is 40.7 Å². The molecule has 1 heterocycles. The number of aromatic nitrogens is 2. The van der Waals surface area contributed by atoms with Crippen LogP contribution in [0.15, 0.2) is 6.07 Å². The quantitative estimate of drug-likeness (QED) is 0.859. The third-order valence-corrected chi connectivity index (χ3v) is 3.46. The zero-order valence-electron chi connectivity index (χ0n) is 12.8. The van der Waals surface area contributed by atoms with Crippen molar-refractivity contribution in [3.63, 3.8) is 0 Å². The van der Waals surface area contributed by atoms with Gasteiger partial charge in [0, 0.05) is 25.2 Å². The Kier molecular flexibility index (Phi) is 4.92. The molecule has 0 unspecified atom stereocenters. The van der Waals surface area contributed by atoms with E-state index in [0.29, 0.717) is 13.1 Å². The highest BCUT2D eigenvalue weighted by atomic mass is 16.4. The molecule has 0 aliphatic rings. The number of amides is 1. The van der Waals surface area contributed by atoms with Crippen LogP contribution in [0, 0.1) is 13.8 Å². The minimum atomic E-state index is -1.19. The lowest BCUT2D eigenvalue weighted by Gasteiger charge is -2.34. The summed E-state index contributed by atoms with van der Waals surface area (Å²) in [7, 11) is 0. The molecular weight excluding hydrogens is 258 g/mol. The highest BCUT2D eigenvalue weighted by Crippen LogP contribution is 2.16. The maximum atomic E-state index is 12.2. The lowest BCUT2D eigenvalue weighted by Crippen LogP contribution is -2.53. The molecule has 0 saturated heterocycles. The van der Waals surface area contributed by atoms with Gasteiger partial charge in [0.15, 0.2) is 0 Å². The van der Waals surface area contributed by atoms with E-state index in [9.17, 15) is 14.7 Å². The van der Waals surface area contributed by atoms with Crippen molar-refractivity contribution in [2.45, 2.75) is 53.1 Å². The smallest absolute Gasteiger partial charge is 0.329 e. The van der Waals surface area contributed by atoms with Gasteiger partial charge in [-0.15, -0.1) is 0 Å². The molecule has 1 amide bonds. The van der Waals surface area contributed by atoms with Crippen LogP contribution in [0.4, 0.5) is 0 Å². The second-order valence-corrected chi connectivity index (χ2v) is 5.40. The molecule has 0 spiro atoms. The summed E-state index contributed by atoms with van der Waals surface area (Å²) in [6.07, 6.45) is 0.243. The number of hydrogen-bond donors (Lipinski definition) is 1. The molecule has 0 atom stereocenters. The minimum Gasteiger partial charge on any atom is -0.480 e. The monoisotopic (exact) mass is 281 g/mol. The van der Waals surface area contributed by atoms with Crippen LogP contribution in [0.1, 0.15) is 38.6 Å². The van der Waals surface area contributed by atoms with Crippen LogP contribution in [-0.2, 0) is 16.1 Å². The molecule has 0 saturated carbocycles. The maximum absolute atomic E-state index is 12.2. The molecule has 0 aliphatic carbocycles. The molecular formula is C14H23N3O3. The van der Waals surface area contributed by atoms with E-state index in [0.717, 1.165) is 11.4 Å². The Morgan fingerprint density at radius 2 is 2.00 bits per heavy atom. The first-order chi connectivity index (χ1) is 9.20. The summed E-state index contributed by atoms with van der Waals surface area (Å²) in [5, 5.41) is 13.5. The van der Waals surface area contributed by atoms with Gasteiger partial charge in [-0.2, -0.15) is 5.10 Å². The van der Waals surface area contributed by atoms with E-state index in [4.69, 9.17) is 0 Å². The largest absolute Gasteiger partial charge is 0.480 e. The molecule has 1 N–H and O–H groups in total. The Hall–Kier alpha value is -1.85. The number of nitrogens with zero attached hydrogens (tertiary/aromatic N) is 3. The molecule has 0 radical (unpaired) electrons. The van der Waals surface area contributed by atoms with Gasteiger partial charge in [0.05, 0.1) is 5.69 Å². The van der Waals surface area contributed by atoms with Crippen LogP contribution in [-0.4, -0.2) is 43.7 Å². The van der Waals surface area contributed by atoms with E-state index < -0.39 is 11.5 Å². The molecule has 1 aromatic heterocycles. The second kappa shape index (κ2) is 6.07. The normalized spacial score (nSPS) is 11.4. The lowest BCUT2D eigenvalue weighted by molar-refractivity contribution is -0.156. The summed E-state index contributed by atoms with van der Waals surface area (Å²) in [6, 6.07) is 1.95. The third kappa shape index (κ3) is 3.37. The Morgan fingerprint density at radius 3 is 2.40 bits per heavy atom. The summed E-state index contributed by atoms with van der Waals surface area (Å²) in [6.45, 7) is 9.53. The van der Waals surface area contributed by atoms with Crippen molar-refractivity contribution in [1.29, 1.82) is 0 Å². The van der Waals surface area contributed by atoms with Crippen molar-refractivity contribution in [1.82, 2.24) is 14.7 Å². The van der Waals surface area contributed by atoms with Crippen LogP contribution >= 0.6 is 0 Å². The molecule has 0 fully saturated rings. The number of carboxylic acid groups (broad SMARTS) is 1. The summed E-state index contributed by atoms with van der Waals surface area (Å²) >= 11 is 0. The van der Waals surface area contributed by atoms with Crippen LogP contribution in [0.3, 0.4) is 0 Å². The van der Waals surface area contributed by atoms with Crippen molar-refractivity contribution < 1.29 is 14.7 Å². The number of rotatable bonds is 6. The van der Waals surface area contributed by atoms with Crippen LogP contribution in [0.5, 0.6) is 0 Å². The van der Waals surface area contributed by atoms with Crippen LogP contribution < -0.4 is 0 Å². The Labute approximate surface area is 119 Å². The number of likely N-dealkylation sites (N-methyl/N-ethyl adjacent to an activating group) is 1. The van der Waals surface area contributed by atoms with E-state index in [1.54, 1.807) is 25.5 Å². The molecule has 0 aliphatic heterocycles. The Morgan fingerprint density at radius 1 is 1.40 bits per heavy atom. The first-order valence-electron chi connectivity index (χ1n) is 6.75.